The van der Waals surface area contributed by atoms with Gasteiger partial charge in [-0.2, -0.15) is 0 Å². The third kappa shape index (κ3) is 4.24. The summed E-state index contributed by atoms with van der Waals surface area (Å²) in [6.07, 6.45) is 5.21. The molecular formula is C12H10Cl2O2. The van der Waals surface area contributed by atoms with Crippen LogP contribution in [-0.2, 0) is 16.0 Å². The maximum atomic E-state index is 11.4. The highest BCUT2D eigenvalue weighted by Gasteiger charge is 2.07. The molecule has 0 amide bonds. The van der Waals surface area contributed by atoms with Gasteiger partial charge in [-0.3, -0.25) is 4.79 Å². The number of carbonyl (C=O) groups excluding carboxylic acids is 1. The molecule has 0 heterocycles. The van der Waals surface area contributed by atoms with E-state index in [4.69, 9.17) is 34.4 Å². The Balaban J connectivity index is 2.53. The van der Waals surface area contributed by atoms with E-state index in [9.17, 15) is 4.79 Å². The topological polar surface area (TPSA) is 26.3 Å². The minimum atomic E-state index is -0.0699. The lowest BCUT2D eigenvalue weighted by atomic mass is 10.1. The van der Waals surface area contributed by atoms with Gasteiger partial charge in [0.2, 0.25) is 0 Å². The van der Waals surface area contributed by atoms with E-state index in [1.54, 1.807) is 18.2 Å². The van der Waals surface area contributed by atoms with Crippen LogP contribution < -0.4 is 0 Å². The van der Waals surface area contributed by atoms with Gasteiger partial charge in [-0.15, -0.1) is 6.42 Å². The molecule has 0 aromatic heterocycles. The molecule has 0 radical (unpaired) electrons. The van der Waals surface area contributed by atoms with Gasteiger partial charge in [0.25, 0.3) is 0 Å². The Morgan fingerprint density at radius 1 is 1.44 bits per heavy atom. The van der Waals surface area contributed by atoms with Crippen molar-refractivity contribution in [2.75, 3.05) is 13.2 Å². The summed E-state index contributed by atoms with van der Waals surface area (Å²) in [5.74, 6) is 2.22. The first-order chi connectivity index (χ1) is 7.63. The van der Waals surface area contributed by atoms with Crippen LogP contribution in [0.3, 0.4) is 0 Å². The molecule has 0 bridgehead atoms. The van der Waals surface area contributed by atoms with Crippen LogP contribution in [0, 0.1) is 12.3 Å². The first-order valence-corrected chi connectivity index (χ1v) is 5.36. The van der Waals surface area contributed by atoms with E-state index in [2.05, 4.69) is 5.92 Å². The zero-order valence-electron chi connectivity index (χ0n) is 8.50. The van der Waals surface area contributed by atoms with Crippen molar-refractivity contribution < 1.29 is 9.53 Å². The van der Waals surface area contributed by atoms with Crippen molar-refractivity contribution in [1.82, 2.24) is 0 Å². The molecule has 0 aliphatic heterocycles. The molecule has 0 N–H and O–H groups in total. The smallest absolute Gasteiger partial charge is 0.162 e. The third-order valence-corrected chi connectivity index (χ3v) is 2.44. The quantitative estimate of drug-likeness (QED) is 0.598. The van der Waals surface area contributed by atoms with Crippen LogP contribution >= 0.6 is 23.2 Å². The molecule has 16 heavy (non-hydrogen) atoms. The number of hydrogen-bond donors (Lipinski definition) is 0. The van der Waals surface area contributed by atoms with Gasteiger partial charge in [-0.25, -0.2) is 0 Å². The second kappa shape index (κ2) is 6.55. The van der Waals surface area contributed by atoms with E-state index in [1.807, 2.05) is 0 Å². The molecule has 0 fully saturated rings. The van der Waals surface area contributed by atoms with Gasteiger partial charge < -0.3 is 4.74 Å². The highest BCUT2D eigenvalue weighted by molar-refractivity contribution is 6.35. The SMILES string of the molecule is C#CCOCC(=O)Cc1ccc(Cl)cc1Cl. The van der Waals surface area contributed by atoms with Gasteiger partial charge in [0, 0.05) is 16.5 Å². The summed E-state index contributed by atoms with van der Waals surface area (Å²) in [4.78, 5) is 11.4. The Hall–Kier alpha value is -1.01. The minimum absolute atomic E-state index is 0.00313. The standard InChI is InChI=1S/C12H10Cl2O2/c1-2-5-16-8-11(15)6-9-3-4-10(13)7-12(9)14/h1,3-4,7H,5-6,8H2. The summed E-state index contributed by atoms with van der Waals surface area (Å²) in [5, 5.41) is 1.03. The first kappa shape index (κ1) is 13.1. The Morgan fingerprint density at radius 3 is 2.81 bits per heavy atom. The summed E-state index contributed by atoms with van der Waals surface area (Å²) < 4.78 is 4.93. The molecule has 2 nitrogen and oxygen atoms in total. The summed E-state index contributed by atoms with van der Waals surface area (Å²) in [6, 6.07) is 5.02. The normalized spacial score (nSPS) is 9.81. The maximum absolute atomic E-state index is 11.4. The molecule has 84 valence electrons. The molecular weight excluding hydrogens is 247 g/mol. The van der Waals surface area contributed by atoms with E-state index in [1.165, 1.54) is 0 Å². The predicted molar refractivity (Wildman–Crippen MR) is 64.8 cm³/mol. The Morgan fingerprint density at radius 2 is 2.19 bits per heavy atom. The largest absolute Gasteiger partial charge is 0.361 e. The monoisotopic (exact) mass is 256 g/mol. The van der Waals surface area contributed by atoms with Crippen LogP contribution in [0.4, 0.5) is 0 Å². The predicted octanol–water partition coefficient (Wildman–Crippen LogP) is 2.75. The third-order valence-electron chi connectivity index (χ3n) is 1.85. The van der Waals surface area contributed by atoms with Gasteiger partial charge in [-0.1, -0.05) is 35.2 Å². The minimum Gasteiger partial charge on any atom is -0.361 e. The van der Waals surface area contributed by atoms with Gasteiger partial charge in [0.05, 0.1) is 0 Å². The van der Waals surface area contributed by atoms with E-state index in [0.29, 0.717) is 10.0 Å². The fourth-order valence-corrected chi connectivity index (χ4v) is 1.63. The van der Waals surface area contributed by atoms with Crippen LogP contribution in [0.2, 0.25) is 10.0 Å². The van der Waals surface area contributed by atoms with Crippen LogP contribution in [0.15, 0.2) is 18.2 Å². The Kier molecular flexibility index (Phi) is 5.34. The molecule has 0 aliphatic rings. The van der Waals surface area contributed by atoms with Gasteiger partial charge in [0.15, 0.2) is 5.78 Å². The molecule has 0 saturated carbocycles. The van der Waals surface area contributed by atoms with Crippen LogP contribution in [-0.4, -0.2) is 19.0 Å². The number of ketones is 1. The average Bonchev–Trinajstić information content (AvgIpc) is 2.23. The van der Waals surface area contributed by atoms with Crippen molar-refractivity contribution in [1.29, 1.82) is 0 Å². The number of ether oxygens (including phenoxy) is 1. The number of carbonyl (C=O) groups is 1. The van der Waals surface area contributed by atoms with E-state index in [-0.39, 0.29) is 25.4 Å². The van der Waals surface area contributed by atoms with Crippen LogP contribution in [0.1, 0.15) is 5.56 Å². The van der Waals surface area contributed by atoms with Crippen LogP contribution in [0.5, 0.6) is 0 Å². The van der Waals surface area contributed by atoms with Gasteiger partial charge in [-0.05, 0) is 17.7 Å². The first-order valence-electron chi connectivity index (χ1n) is 4.60. The molecule has 1 aromatic carbocycles. The number of rotatable bonds is 5. The lowest BCUT2D eigenvalue weighted by Crippen LogP contribution is -2.11. The zero-order chi connectivity index (χ0) is 12.0. The van der Waals surface area contributed by atoms with Crippen molar-refractivity contribution in [2.24, 2.45) is 0 Å². The maximum Gasteiger partial charge on any atom is 0.162 e. The zero-order valence-corrected chi connectivity index (χ0v) is 10.0. The lowest BCUT2D eigenvalue weighted by Gasteiger charge is -2.04. The summed E-state index contributed by atoms with van der Waals surface area (Å²) in [5.41, 5.74) is 0.736. The van der Waals surface area contributed by atoms with Crippen molar-refractivity contribution in [3.05, 3.63) is 33.8 Å². The molecule has 0 aliphatic carbocycles. The highest BCUT2D eigenvalue weighted by Crippen LogP contribution is 2.21. The molecule has 1 aromatic rings. The van der Waals surface area contributed by atoms with E-state index >= 15 is 0 Å². The lowest BCUT2D eigenvalue weighted by molar-refractivity contribution is -0.122. The number of halogens is 2. The van der Waals surface area contributed by atoms with Crippen LogP contribution in [0.25, 0.3) is 0 Å². The Bertz CT molecular complexity index is 422. The fraction of sp³-hybridized carbons (Fsp3) is 0.250. The van der Waals surface area contributed by atoms with Crippen molar-refractivity contribution in [2.45, 2.75) is 6.42 Å². The second-order valence-electron chi connectivity index (χ2n) is 3.15. The molecule has 0 atom stereocenters. The summed E-state index contributed by atoms with van der Waals surface area (Å²) in [7, 11) is 0. The number of Topliss-reactive ketones (excluding diaryl/α,β-unsaturated/α-hetero) is 1. The Labute approximate surface area is 105 Å². The molecule has 0 saturated heterocycles. The van der Waals surface area contributed by atoms with Gasteiger partial charge >= 0.3 is 0 Å². The van der Waals surface area contributed by atoms with Gasteiger partial charge in [0.1, 0.15) is 13.2 Å². The van der Waals surface area contributed by atoms with Crippen molar-refractivity contribution in [3.8, 4) is 12.3 Å². The van der Waals surface area contributed by atoms with E-state index in [0.717, 1.165) is 5.56 Å². The van der Waals surface area contributed by atoms with E-state index < -0.39 is 0 Å². The molecule has 1 rings (SSSR count). The number of benzene rings is 1. The van der Waals surface area contributed by atoms with Crippen molar-refractivity contribution >= 4 is 29.0 Å². The number of hydrogen-bond acceptors (Lipinski definition) is 2. The number of terminal acetylenes is 1. The average molecular weight is 257 g/mol. The molecule has 0 spiro atoms. The summed E-state index contributed by atoms with van der Waals surface area (Å²) in [6.45, 7) is 0.142. The van der Waals surface area contributed by atoms with Crippen molar-refractivity contribution in [3.63, 3.8) is 0 Å². The highest BCUT2D eigenvalue weighted by atomic mass is 35.5. The molecule has 0 unspecified atom stereocenters. The fourth-order valence-electron chi connectivity index (χ4n) is 1.15. The molecule has 4 heteroatoms. The second-order valence-corrected chi connectivity index (χ2v) is 3.99. The summed E-state index contributed by atoms with van der Waals surface area (Å²) >= 11 is 11.7.